The Bertz CT molecular complexity index is 716. The molecule has 0 aliphatic carbocycles. The maximum atomic E-state index is 5.03. The van der Waals surface area contributed by atoms with Crippen LogP contribution in [-0.2, 0) is 0 Å². The number of nitrogens with zero attached hydrogens (tertiary/aromatic N) is 4. The highest BCUT2D eigenvalue weighted by atomic mass is 16.5. The molecule has 3 aromatic rings. The molecule has 6 nitrogen and oxygen atoms in total. The molecule has 0 aliphatic rings. The molecule has 0 radical (unpaired) electrons. The molecular weight excluding hydrogens is 266 g/mol. The van der Waals surface area contributed by atoms with Gasteiger partial charge in [0.1, 0.15) is 12.1 Å². The Morgan fingerprint density at radius 2 is 1.86 bits per heavy atom. The van der Waals surface area contributed by atoms with Crippen molar-refractivity contribution in [2.75, 3.05) is 12.4 Å². The third kappa shape index (κ3) is 3.11. The Hall–Kier alpha value is -3.02. The van der Waals surface area contributed by atoms with Gasteiger partial charge in [0.25, 0.3) is 0 Å². The van der Waals surface area contributed by atoms with E-state index < -0.39 is 0 Å². The minimum Gasteiger partial charge on any atom is -0.481 e. The molecule has 0 aliphatic heterocycles. The van der Waals surface area contributed by atoms with Crippen LogP contribution < -0.4 is 10.1 Å². The van der Waals surface area contributed by atoms with E-state index in [1.807, 2.05) is 24.3 Å². The second kappa shape index (κ2) is 5.96. The third-order valence-electron chi connectivity index (χ3n) is 2.86. The Labute approximate surface area is 121 Å². The van der Waals surface area contributed by atoms with Crippen molar-refractivity contribution in [3.8, 4) is 17.1 Å². The summed E-state index contributed by atoms with van der Waals surface area (Å²) in [7, 11) is 1.58. The van der Waals surface area contributed by atoms with Crippen molar-refractivity contribution in [1.29, 1.82) is 0 Å². The van der Waals surface area contributed by atoms with Crippen LogP contribution in [0.25, 0.3) is 11.3 Å². The minimum absolute atomic E-state index is 0.570. The lowest BCUT2D eigenvalue weighted by Gasteiger charge is -2.07. The van der Waals surface area contributed by atoms with E-state index in [9.17, 15) is 0 Å². The van der Waals surface area contributed by atoms with Crippen molar-refractivity contribution in [2.45, 2.75) is 0 Å². The zero-order valence-corrected chi connectivity index (χ0v) is 11.4. The fraction of sp³-hybridized carbons (Fsp3) is 0.0667. The van der Waals surface area contributed by atoms with Crippen LogP contribution in [0.15, 0.2) is 55.2 Å². The van der Waals surface area contributed by atoms with Crippen molar-refractivity contribution in [1.82, 2.24) is 19.9 Å². The quantitative estimate of drug-likeness (QED) is 0.791. The Balaban J connectivity index is 1.83. The van der Waals surface area contributed by atoms with Gasteiger partial charge in [-0.15, -0.1) is 0 Å². The van der Waals surface area contributed by atoms with Gasteiger partial charge < -0.3 is 10.1 Å². The molecule has 21 heavy (non-hydrogen) atoms. The molecule has 3 heterocycles. The second-order valence-corrected chi connectivity index (χ2v) is 4.24. The second-order valence-electron chi connectivity index (χ2n) is 4.24. The Morgan fingerprint density at radius 1 is 1.00 bits per heavy atom. The summed E-state index contributed by atoms with van der Waals surface area (Å²) in [5.41, 5.74) is 2.65. The van der Waals surface area contributed by atoms with Gasteiger partial charge in [-0.05, 0) is 18.2 Å². The number of hydrogen-bond donors (Lipinski definition) is 1. The Kier molecular flexibility index (Phi) is 3.68. The average molecular weight is 279 g/mol. The van der Waals surface area contributed by atoms with Crippen molar-refractivity contribution in [3.63, 3.8) is 0 Å². The van der Waals surface area contributed by atoms with Gasteiger partial charge in [-0.2, -0.15) is 0 Å². The van der Waals surface area contributed by atoms with Gasteiger partial charge in [-0.1, -0.05) is 0 Å². The summed E-state index contributed by atoms with van der Waals surface area (Å²) in [5.74, 6) is 1.27. The van der Waals surface area contributed by atoms with Gasteiger partial charge >= 0.3 is 0 Å². The summed E-state index contributed by atoms with van der Waals surface area (Å²) in [6.07, 6.45) is 6.68. The first-order valence-corrected chi connectivity index (χ1v) is 6.34. The lowest BCUT2D eigenvalue weighted by atomic mass is 10.2. The molecule has 0 saturated carbocycles. The van der Waals surface area contributed by atoms with Gasteiger partial charge in [0.15, 0.2) is 0 Å². The summed E-state index contributed by atoms with van der Waals surface area (Å²) in [6.45, 7) is 0. The SMILES string of the molecule is COc1ccc(Nc2cc(-c3ccncc3)ncn2)cn1. The van der Waals surface area contributed by atoms with Crippen LogP contribution in [0.5, 0.6) is 5.88 Å². The first-order chi connectivity index (χ1) is 10.3. The van der Waals surface area contributed by atoms with Crippen molar-refractivity contribution < 1.29 is 4.74 Å². The lowest BCUT2D eigenvalue weighted by molar-refractivity contribution is 0.398. The molecule has 0 amide bonds. The fourth-order valence-corrected chi connectivity index (χ4v) is 1.83. The van der Waals surface area contributed by atoms with Crippen LogP contribution in [0, 0.1) is 0 Å². The topological polar surface area (TPSA) is 72.8 Å². The van der Waals surface area contributed by atoms with Gasteiger partial charge in [0, 0.05) is 30.1 Å². The molecule has 3 rings (SSSR count). The van der Waals surface area contributed by atoms with Gasteiger partial charge in [-0.3, -0.25) is 4.98 Å². The first kappa shape index (κ1) is 13.0. The number of anilines is 2. The molecule has 0 spiro atoms. The van der Waals surface area contributed by atoms with E-state index in [0.717, 1.165) is 16.9 Å². The molecule has 0 aromatic carbocycles. The highest BCUT2D eigenvalue weighted by Crippen LogP contribution is 2.20. The summed E-state index contributed by atoms with van der Waals surface area (Å²) in [6, 6.07) is 9.34. The predicted molar refractivity (Wildman–Crippen MR) is 79.3 cm³/mol. The van der Waals surface area contributed by atoms with Crippen molar-refractivity contribution >= 4 is 11.5 Å². The largest absolute Gasteiger partial charge is 0.481 e. The molecule has 6 heteroatoms. The predicted octanol–water partition coefficient (Wildman–Crippen LogP) is 2.69. The number of pyridine rings is 2. The summed E-state index contributed by atoms with van der Waals surface area (Å²) in [4.78, 5) is 16.6. The van der Waals surface area contributed by atoms with Crippen LogP contribution in [0.4, 0.5) is 11.5 Å². The van der Waals surface area contributed by atoms with Crippen LogP contribution in [0.2, 0.25) is 0 Å². The number of aromatic nitrogens is 4. The highest BCUT2D eigenvalue weighted by molar-refractivity contribution is 5.64. The van der Waals surface area contributed by atoms with E-state index in [-0.39, 0.29) is 0 Å². The normalized spacial score (nSPS) is 10.1. The zero-order valence-electron chi connectivity index (χ0n) is 11.4. The molecule has 0 saturated heterocycles. The van der Waals surface area contributed by atoms with Gasteiger partial charge in [-0.25, -0.2) is 15.0 Å². The van der Waals surface area contributed by atoms with Gasteiger partial charge in [0.2, 0.25) is 5.88 Å². The summed E-state index contributed by atoms with van der Waals surface area (Å²) in [5, 5.41) is 3.18. The lowest BCUT2D eigenvalue weighted by Crippen LogP contribution is -1.96. The van der Waals surface area contributed by atoms with E-state index in [0.29, 0.717) is 11.7 Å². The maximum Gasteiger partial charge on any atom is 0.213 e. The molecule has 104 valence electrons. The standard InChI is InChI=1S/C15H13N5O/c1-21-15-3-2-12(9-17-15)20-14-8-13(18-10-19-14)11-4-6-16-7-5-11/h2-10H,1H3,(H,18,19,20). The number of rotatable bonds is 4. The number of ether oxygens (including phenoxy) is 1. The molecule has 1 N–H and O–H groups in total. The van der Waals surface area contributed by atoms with E-state index in [1.165, 1.54) is 6.33 Å². The monoisotopic (exact) mass is 279 g/mol. The fourth-order valence-electron chi connectivity index (χ4n) is 1.83. The third-order valence-corrected chi connectivity index (χ3v) is 2.86. The highest BCUT2D eigenvalue weighted by Gasteiger charge is 2.02. The summed E-state index contributed by atoms with van der Waals surface area (Å²) >= 11 is 0. The number of nitrogens with one attached hydrogen (secondary N) is 1. The van der Waals surface area contributed by atoms with E-state index in [1.54, 1.807) is 31.8 Å². The molecular formula is C15H13N5O. The van der Waals surface area contributed by atoms with E-state index in [4.69, 9.17) is 4.74 Å². The van der Waals surface area contributed by atoms with E-state index >= 15 is 0 Å². The minimum atomic E-state index is 0.570. The molecule has 3 aromatic heterocycles. The van der Waals surface area contributed by atoms with Crippen molar-refractivity contribution in [2.24, 2.45) is 0 Å². The number of hydrogen-bond acceptors (Lipinski definition) is 6. The first-order valence-electron chi connectivity index (χ1n) is 6.34. The molecule has 0 fully saturated rings. The Morgan fingerprint density at radius 3 is 2.57 bits per heavy atom. The molecule has 0 bridgehead atoms. The van der Waals surface area contributed by atoms with E-state index in [2.05, 4.69) is 25.3 Å². The van der Waals surface area contributed by atoms with Crippen LogP contribution in [-0.4, -0.2) is 27.0 Å². The zero-order chi connectivity index (χ0) is 14.5. The number of methoxy groups -OCH3 is 1. The van der Waals surface area contributed by atoms with Crippen LogP contribution in [0.1, 0.15) is 0 Å². The average Bonchev–Trinajstić information content (AvgIpc) is 2.57. The van der Waals surface area contributed by atoms with Gasteiger partial charge in [0.05, 0.1) is 24.7 Å². The van der Waals surface area contributed by atoms with Crippen LogP contribution in [0.3, 0.4) is 0 Å². The van der Waals surface area contributed by atoms with Crippen LogP contribution >= 0.6 is 0 Å². The summed E-state index contributed by atoms with van der Waals surface area (Å²) < 4.78 is 5.03. The maximum absolute atomic E-state index is 5.03. The molecule has 0 atom stereocenters. The van der Waals surface area contributed by atoms with Crippen molar-refractivity contribution in [3.05, 3.63) is 55.2 Å². The smallest absolute Gasteiger partial charge is 0.213 e. The molecule has 0 unspecified atom stereocenters.